The molecular formula is C11H10INO2. The minimum absolute atomic E-state index is 0.0939. The Morgan fingerprint density at radius 3 is 2.33 bits per heavy atom. The van der Waals surface area contributed by atoms with Crippen LogP contribution in [0.25, 0.3) is 0 Å². The number of likely N-dealkylation sites (tertiary alicyclic amines) is 1. The molecule has 0 spiro atoms. The summed E-state index contributed by atoms with van der Waals surface area (Å²) in [5.74, 6) is -0.468. The van der Waals surface area contributed by atoms with Crippen LogP contribution in [-0.4, -0.2) is 23.8 Å². The van der Waals surface area contributed by atoms with E-state index in [0.717, 1.165) is 9.13 Å². The lowest BCUT2D eigenvalue weighted by atomic mass is 9.98. The number of carbonyl (C=O) groups excluding carboxylic acids is 2. The van der Waals surface area contributed by atoms with E-state index >= 15 is 0 Å². The molecule has 1 aromatic carbocycles. The summed E-state index contributed by atoms with van der Waals surface area (Å²) in [4.78, 5) is 24.3. The number of amides is 2. The predicted molar refractivity (Wildman–Crippen MR) is 64.3 cm³/mol. The van der Waals surface area contributed by atoms with Crippen LogP contribution in [0, 0.1) is 3.57 Å². The smallest absolute Gasteiger partial charge is 0.236 e. The van der Waals surface area contributed by atoms with E-state index in [1.54, 1.807) is 0 Å². The van der Waals surface area contributed by atoms with Crippen molar-refractivity contribution in [2.75, 3.05) is 7.05 Å². The zero-order valence-electron chi connectivity index (χ0n) is 8.24. The first-order chi connectivity index (χ1) is 7.09. The second kappa shape index (κ2) is 3.92. The highest BCUT2D eigenvalue weighted by Gasteiger charge is 2.36. The monoisotopic (exact) mass is 315 g/mol. The van der Waals surface area contributed by atoms with E-state index in [-0.39, 0.29) is 17.7 Å². The molecule has 78 valence electrons. The quantitative estimate of drug-likeness (QED) is 0.585. The zero-order chi connectivity index (χ0) is 11.0. The Morgan fingerprint density at radius 2 is 1.87 bits per heavy atom. The van der Waals surface area contributed by atoms with Crippen LogP contribution in [0.5, 0.6) is 0 Å². The third-order valence-electron chi connectivity index (χ3n) is 2.65. The van der Waals surface area contributed by atoms with Crippen LogP contribution in [0.3, 0.4) is 0 Å². The maximum Gasteiger partial charge on any atom is 0.236 e. The molecule has 0 bridgehead atoms. The van der Waals surface area contributed by atoms with E-state index in [1.165, 1.54) is 11.9 Å². The van der Waals surface area contributed by atoms with Gasteiger partial charge in [-0.2, -0.15) is 0 Å². The van der Waals surface area contributed by atoms with Crippen molar-refractivity contribution in [3.8, 4) is 0 Å². The van der Waals surface area contributed by atoms with Crippen molar-refractivity contribution >= 4 is 34.4 Å². The molecular weight excluding hydrogens is 305 g/mol. The Morgan fingerprint density at radius 1 is 1.27 bits per heavy atom. The van der Waals surface area contributed by atoms with Gasteiger partial charge in [0, 0.05) is 17.0 Å². The van der Waals surface area contributed by atoms with Crippen LogP contribution in [0.2, 0.25) is 0 Å². The van der Waals surface area contributed by atoms with Crippen molar-refractivity contribution in [2.45, 2.75) is 12.3 Å². The minimum atomic E-state index is -0.278. The fourth-order valence-electron chi connectivity index (χ4n) is 1.71. The molecule has 1 aliphatic heterocycles. The first-order valence-corrected chi connectivity index (χ1v) is 5.73. The molecule has 1 saturated heterocycles. The summed E-state index contributed by atoms with van der Waals surface area (Å²) in [6.07, 6.45) is 0.302. The zero-order valence-corrected chi connectivity index (χ0v) is 10.4. The molecule has 0 radical (unpaired) electrons. The molecule has 1 aromatic rings. The normalized spacial score (nSPS) is 21.2. The molecule has 15 heavy (non-hydrogen) atoms. The molecule has 2 amide bonds. The summed E-state index contributed by atoms with van der Waals surface area (Å²) in [5.41, 5.74) is 0.929. The summed E-state index contributed by atoms with van der Waals surface area (Å²) in [6.45, 7) is 0. The molecule has 1 aliphatic rings. The lowest BCUT2D eigenvalue weighted by Gasteiger charge is -2.08. The minimum Gasteiger partial charge on any atom is -0.285 e. The third kappa shape index (κ3) is 1.90. The maximum absolute atomic E-state index is 11.7. The van der Waals surface area contributed by atoms with Crippen molar-refractivity contribution in [2.24, 2.45) is 0 Å². The number of likely N-dealkylation sites (N-methyl/N-ethyl adjacent to an activating group) is 1. The Kier molecular flexibility index (Phi) is 2.77. The highest BCUT2D eigenvalue weighted by Crippen LogP contribution is 2.28. The number of rotatable bonds is 1. The van der Waals surface area contributed by atoms with Gasteiger partial charge in [-0.05, 0) is 40.3 Å². The molecule has 4 heteroatoms. The van der Waals surface area contributed by atoms with E-state index in [1.807, 2.05) is 24.3 Å². The topological polar surface area (TPSA) is 37.4 Å². The number of nitrogens with zero attached hydrogens (tertiary/aromatic N) is 1. The SMILES string of the molecule is CN1C(=O)C[C@@H](c2ccc(I)cc2)C1=O. The molecule has 1 atom stereocenters. The van der Waals surface area contributed by atoms with Crippen molar-refractivity contribution in [3.63, 3.8) is 0 Å². The van der Waals surface area contributed by atoms with Gasteiger partial charge in [-0.15, -0.1) is 0 Å². The van der Waals surface area contributed by atoms with Crippen LogP contribution in [0.1, 0.15) is 17.9 Å². The first-order valence-electron chi connectivity index (χ1n) is 4.65. The standard InChI is InChI=1S/C11H10INO2/c1-13-10(14)6-9(11(13)15)7-2-4-8(12)5-3-7/h2-5,9H,6H2,1H3/t9-/m0/s1. The summed E-state index contributed by atoms with van der Waals surface area (Å²) in [7, 11) is 1.54. The molecule has 3 nitrogen and oxygen atoms in total. The van der Waals surface area contributed by atoms with Crippen molar-refractivity contribution in [1.82, 2.24) is 4.90 Å². The van der Waals surface area contributed by atoms with Gasteiger partial charge < -0.3 is 0 Å². The van der Waals surface area contributed by atoms with Crippen molar-refractivity contribution < 1.29 is 9.59 Å². The molecule has 1 fully saturated rings. The average molecular weight is 315 g/mol. The number of benzene rings is 1. The Bertz CT molecular complexity index is 413. The van der Waals surface area contributed by atoms with Crippen LogP contribution in [0.15, 0.2) is 24.3 Å². The van der Waals surface area contributed by atoms with Gasteiger partial charge in [0.15, 0.2) is 0 Å². The van der Waals surface area contributed by atoms with Crippen LogP contribution in [-0.2, 0) is 9.59 Å². The predicted octanol–water partition coefficient (Wildman–Crippen LogP) is 1.76. The largest absolute Gasteiger partial charge is 0.285 e. The van der Waals surface area contributed by atoms with Gasteiger partial charge in [-0.3, -0.25) is 14.5 Å². The highest BCUT2D eigenvalue weighted by atomic mass is 127. The summed E-state index contributed by atoms with van der Waals surface area (Å²) >= 11 is 2.21. The van der Waals surface area contributed by atoms with Crippen LogP contribution >= 0.6 is 22.6 Å². The van der Waals surface area contributed by atoms with Crippen molar-refractivity contribution in [3.05, 3.63) is 33.4 Å². The maximum atomic E-state index is 11.7. The number of hydrogen-bond donors (Lipinski definition) is 0. The molecule has 2 rings (SSSR count). The van der Waals surface area contributed by atoms with Gasteiger partial charge in [0.25, 0.3) is 0 Å². The summed E-state index contributed by atoms with van der Waals surface area (Å²) in [5, 5.41) is 0. The van der Waals surface area contributed by atoms with Gasteiger partial charge in [0.1, 0.15) is 0 Å². The van der Waals surface area contributed by atoms with E-state index in [4.69, 9.17) is 0 Å². The van der Waals surface area contributed by atoms with E-state index in [0.29, 0.717) is 6.42 Å². The fourth-order valence-corrected chi connectivity index (χ4v) is 2.07. The molecule has 0 unspecified atom stereocenters. The summed E-state index contributed by atoms with van der Waals surface area (Å²) < 4.78 is 1.13. The van der Waals surface area contributed by atoms with Gasteiger partial charge in [0.2, 0.25) is 11.8 Å². The van der Waals surface area contributed by atoms with E-state index < -0.39 is 0 Å². The average Bonchev–Trinajstić information content (AvgIpc) is 2.47. The molecule has 0 aliphatic carbocycles. The van der Waals surface area contributed by atoms with Gasteiger partial charge in [-0.1, -0.05) is 12.1 Å². The molecule has 0 saturated carbocycles. The first kappa shape index (κ1) is 10.6. The molecule has 0 N–H and O–H groups in total. The second-order valence-corrected chi connectivity index (χ2v) is 4.84. The summed E-state index contributed by atoms with van der Waals surface area (Å²) in [6, 6.07) is 7.73. The molecule has 1 heterocycles. The fraction of sp³-hybridized carbons (Fsp3) is 0.273. The van der Waals surface area contributed by atoms with Crippen LogP contribution in [0.4, 0.5) is 0 Å². The third-order valence-corrected chi connectivity index (χ3v) is 3.37. The number of hydrogen-bond acceptors (Lipinski definition) is 2. The Labute approximate surface area is 102 Å². The van der Waals surface area contributed by atoms with E-state index in [2.05, 4.69) is 22.6 Å². The Balaban J connectivity index is 2.29. The lowest BCUT2D eigenvalue weighted by molar-refractivity contribution is -0.137. The Hall–Kier alpha value is -0.910. The highest BCUT2D eigenvalue weighted by molar-refractivity contribution is 14.1. The van der Waals surface area contributed by atoms with Gasteiger partial charge in [0.05, 0.1) is 5.92 Å². The lowest BCUT2D eigenvalue weighted by Crippen LogP contribution is -2.25. The van der Waals surface area contributed by atoms with E-state index in [9.17, 15) is 9.59 Å². The van der Waals surface area contributed by atoms with Gasteiger partial charge >= 0.3 is 0 Å². The van der Waals surface area contributed by atoms with Crippen molar-refractivity contribution in [1.29, 1.82) is 0 Å². The number of carbonyl (C=O) groups is 2. The second-order valence-electron chi connectivity index (χ2n) is 3.60. The number of halogens is 1. The van der Waals surface area contributed by atoms with Gasteiger partial charge in [-0.25, -0.2) is 0 Å². The number of imide groups is 1. The van der Waals surface area contributed by atoms with Crippen LogP contribution < -0.4 is 0 Å². The molecule has 0 aromatic heterocycles.